The molecule has 0 saturated heterocycles. The summed E-state index contributed by atoms with van der Waals surface area (Å²) in [6, 6.07) is 5.56. The predicted octanol–water partition coefficient (Wildman–Crippen LogP) is 2.70. The summed E-state index contributed by atoms with van der Waals surface area (Å²) < 4.78 is 0. The number of rotatable bonds is 3. The lowest BCUT2D eigenvalue weighted by atomic mass is 10.1. The van der Waals surface area contributed by atoms with Crippen LogP contribution < -0.4 is 5.73 Å². The van der Waals surface area contributed by atoms with E-state index in [-0.39, 0.29) is 0 Å². The highest BCUT2D eigenvalue weighted by Gasteiger charge is 1.99. The number of aromatic nitrogens is 1. The number of nitrogens with zero attached hydrogens (tertiary/aromatic N) is 2. The van der Waals surface area contributed by atoms with Crippen LogP contribution >= 0.6 is 0 Å². The maximum atomic E-state index is 8.68. The Morgan fingerprint density at radius 3 is 2.81 bits per heavy atom. The van der Waals surface area contributed by atoms with Crippen molar-refractivity contribution in [2.24, 2.45) is 0 Å². The lowest BCUT2D eigenvalue weighted by Crippen LogP contribution is -1.90. The highest BCUT2D eigenvalue weighted by Crippen LogP contribution is 2.16. The Kier molecular flexibility index (Phi) is 4.05. The number of hydrogen-bond acceptors (Lipinski definition) is 3. The highest BCUT2D eigenvalue weighted by atomic mass is 14.7. The molecule has 0 aliphatic rings. The Labute approximate surface area is 95.2 Å². The minimum atomic E-state index is 0.395. The van der Waals surface area contributed by atoms with Gasteiger partial charge in [-0.25, -0.2) is 0 Å². The van der Waals surface area contributed by atoms with Crippen LogP contribution in [0, 0.1) is 11.3 Å². The predicted molar refractivity (Wildman–Crippen MR) is 66.2 cm³/mol. The van der Waals surface area contributed by atoms with E-state index >= 15 is 0 Å². The van der Waals surface area contributed by atoms with E-state index in [1.807, 2.05) is 31.2 Å². The van der Waals surface area contributed by atoms with Crippen molar-refractivity contribution in [3.05, 3.63) is 54.4 Å². The van der Waals surface area contributed by atoms with Crippen LogP contribution in [0.2, 0.25) is 0 Å². The Bertz CT molecular complexity index is 473. The molecule has 0 aliphatic carbocycles. The van der Waals surface area contributed by atoms with Crippen molar-refractivity contribution >= 4 is 11.3 Å². The normalized spacial score (nSPS) is 11.4. The van der Waals surface area contributed by atoms with Crippen molar-refractivity contribution in [2.45, 2.75) is 6.92 Å². The molecule has 1 aromatic rings. The summed E-state index contributed by atoms with van der Waals surface area (Å²) in [5.41, 5.74) is 8.18. The molecule has 3 heteroatoms. The van der Waals surface area contributed by atoms with Crippen LogP contribution in [0.5, 0.6) is 0 Å². The van der Waals surface area contributed by atoms with Crippen molar-refractivity contribution in [3.8, 4) is 6.07 Å². The van der Waals surface area contributed by atoms with E-state index in [0.29, 0.717) is 11.3 Å². The molecule has 0 bridgehead atoms. The van der Waals surface area contributed by atoms with Gasteiger partial charge in [0.15, 0.2) is 0 Å². The second-order valence-corrected chi connectivity index (χ2v) is 3.21. The third kappa shape index (κ3) is 3.10. The Hall–Kier alpha value is -2.34. The van der Waals surface area contributed by atoms with Crippen LogP contribution in [0.15, 0.2) is 48.7 Å². The van der Waals surface area contributed by atoms with E-state index in [9.17, 15) is 0 Å². The van der Waals surface area contributed by atoms with E-state index in [0.717, 1.165) is 11.3 Å². The molecule has 16 heavy (non-hydrogen) atoms. The van der Waals surface area contributed by atoms with E-state index in [2.05, 4.69) is 11.6 Å². The first-order valence-electron chi connectivity index (χ1n) is 4.82. The van der Waals surface area contributed by atoms with Gasteiger partial charge in [0.05, 0.1) is 23.6 Å². The van der Waals surface area contributed by atoms with Gasteiger partial charge in [0.25, 0.3) is 0 Å². The van der Waals surface area contributed by atoms with E-state index in [1.54, 1.807) is 18.3 Å². The summed E-state index contributed by atoms with van der Waals surface area (Å²) in [6.45, 7) is 5.52. The van der Waals surface area contributed by atoms with Crippen LogP contribution in [0.25, 0.3) is 5.57 Å². The molecular formula is C13H13N3. The number of nitriles is 1. The zero-order valence-corrected chi connectivity index (χ0v) is 9.14. The van der Waals surface area contributed by atoms with Crippen molar-refractivity contribution in [3.63, 3.8) is 0 Å². The summed E-state index contributed by atoms with van der Waals surface area (Å²) in [5, 5.41) is 8.68. The standard InChI is InChI=1S/C13H13N3/c1-3-4-11(7-10(2)8-14)13-6-5-12(15)9-16-13/h3-7,9H,2,15H2,1H3/b4-3?,11-7+. The topological polar surface area (TPSA) is 62.7 Å². The quantitative estimate of drug-likeness (QED) is 0.617. The summed E-state index contributed by atoms with van der Waals surface area (Å²) >= 11 is 0. The minimum Gasteiger partial charge on any atom is -0.397 e. The third-order valence-electron chi connectivity index (χ3n) is 1.90. The largest absolute Gasteiger partial charge is 0.397 e. The summed E-state index contributed by atoms with van der Waals surface area (Å²) in [5.74, 6) is 0. The molecule has 0 aromatic carbocycles. The molecule has 0 amide bonds. The Morgan fingerprint density at radius 2 is 2.31 bits per heavy atom. The second-order valence-electron chi connectivity index (χ2n) is 3.21. The summed E-state index contributed by atoms with van der Waals surface area (Å²) in [7, 11) is 0. The number of allylic oxidation sites excluding steroid dienone is 5. The lowest BCUT2D eigenvalue weighted by molar-refractivity contribution is 1.28. The second kappa shape index (κ2) is 5.52. The van der Waals surface area contributed by atoms with Gasteiger partial charge in [0.2, 0.25) is 0 Å². The molecule has 0 radical (unpaired) electrons. The van der Waals surface area contributed by atoms with Gasteiger partial charge >= 0.3 is 0 Å². The van der Waals surface area contributed by atoms with Crippen molar-refractivity contribution in [1.82, 2.24) is 4.98 Å². The SMILES string of the molecule is C=C(C#N)/C=C(\C=CC)c1ccc(N)cn1. The maximum absolute atomic E-state index is 8.68. The Morgan fingerprint density at radius 1 is 1.56 bits per heavy atom. The van der Waals surface area contributed by atoms with Crippen LogP contribution in [0.4, 0.5) is 5.69 Å². The maximum Gasteiger partial charge on any atom is 0.0985 e. The van der Waals surface area contributed by atoms with E-state index in [1.165, 1.54) is 0 Å². The van der Waals surface area contributed by atoms with Gasteiger partial charge in [-0.05, 0) is 25.1 Å². The molecule has 2 N–H and O–H groups in total. The van der Waals surface area contributed by atoms with Crippen molar-refractivity contribution in [1.29, 1.82) is 5.26 Å². The fourth-order valence-electron chi connectivity index (χ4n) is 1.18. The summed E-state index contributed by atoms with van der Waals surface area (Å²) in [4.78, 5) is 4.19. The first kappa shape index (κ1) is 11.7. The zero-order valence-electron chi connectivity index (χ0n) is 9.14. The molecular weight excluding hydrogens is 198 g/mol. The van der Waals surface area contributed by atoms with E-state index in [4.69, 9.17) is 11.0 Å². The fourth-order valence-corrected chi connectivity index (χ4v) is 1.18. The average molecular weight is 211 g/mol. The molecule has 0 spiro atoms. The van der Waals surface area contributed by atoms with Gasteiger partial charge in [-0.2, -0.15) is 5.26 Å². The third-order valence-corrected chi connectivity index (χ3v) is 1.90. The summed E-state index contributed by atoms with van der Waals surface area (Å²) in [6.07, 6.45) is 7.04. The van der Waals surface area contributed by atoms with Crippen molar-refractivity contribution in [2.75, 3.05) is 5.73 Å². The molecule has 3 nitrogen and oxygen atoms in total. The van der Waals surface area contributed by atoms with Crippen molar-refractivity contribution < 1.29 is 0 Å². The monoisotopic (exact) mass is 211 g/mol. The zero-order chi connectivity index (χ0) is 12.0. The van der Waals surface area contributed by atoms with Gasteiger partial charge in [-0.3, -0.25) is 4.98 Å². The highest BCUT2D eigenvalue weighted by molar-refractivity contribution is 5.75. The van der Waals surface area contributed by atoms with E-state index < -0.39 is 0 Å². The smallest absolute Gasteiger partial charge is 0.0985 e. The average Bonchev–Trinajstić information content (AvgIpc) is 2.29. The molecule has 0 aliphatic heterocycles. The molecule has 80 valence electrons. The molecule has 1 heterocycles. The van der Waals surface area contributed by atoms with Gasteiger partial charge in [0.1, 0.15) is 0 Å². The molecule has 1 rings (SSSR count). The van der Waals surface area contributed by atoms with Gasteiger partial charge in [0, 0.05) is 11.1 Å². The van der Waals surface area contributed by atoms with Gasteiger partial charge in [-0.1, -0.05) is 18.7 Å². The first-order chi connectivity index (χ1) is 7.67. The van der Waals surface area contributed by atoms with Crippen LogP contribution in [-0.4, -0.2) is 4.98 Å². The fraction of sp³-hybridized carbons (Fsp3) is 0.0769. The number of nitrogen functional groups attached to an aromatic ring is 1. The first-order valence-corrected chi connectivity index (χ1v) is 4.82. The number of hydrogen-bond donors (Lipinski definition) is 1. The Balaban J connectivity index is 3.13. The van der Waals surface area contributed by atoms with Crippen LogP contribution in [0.3, 0.4) is 0 Å². The number of anilines is 1. The molecule has 0 fully saturated rings. The van der Waals surface area contributed by atoms with Crippen LogP contribution in [-0.2, 0) is 0 Å². The van der Waals surface area contributed by atoms with Gasteiger partial charge in [-0.15, -0.1) is 0 Å². The molecule has 0 unspecified atom stereocenters. The van der Waals surface area contributed by atoms with Crippen LogP contribution in [0.1, 0.15) is 12.6 Å². The molecule has 0 atom stereocenters. The van der Waals surface area contributed by atoms with Gasteiger partial charge < -0.3 is 5.73 Å². The molecule has 1 aromatic heterocycles. The lowest BCUT2D eigenvalue weighted by Gasteiger charge is -2.01. The minimum absolute atomic E-state index is 0.395. The molecule has 0 saturated carbocycles. The number of nitrogens with two attached hydrogens (primary N) is 1. The number of pyridine rings is 1.